The van der Waals surface area contributed by atoms with Crippen molar-refractivity contribution < 1.29 is 22.7 Å². The summed E-state index contributed by atoms with van der Waals surface area (Å²) in [7, 11) is -2.37. The van der Waals surface area contributed by atoms with Crippen molar-refractivity contribution in [1.29, 1.82) is 0 Å². The highest BCUT2D eigenvalue weighted by atomic mass is 32.2. The Morgan fingerprint density at radius 3 is 2.56 bits per heavy atom. The number of rotatable bonds is 6. The fraction of sp³-hybridized carbons (Fsp3) is 0.611. The van der Waals surface area contributed by atoms with Gasteiger partial charge in [-0.2, -0.15) is 4.31 Å². The molecule has 2 fully saturated rings. The minimum Gasteiger partial charge on any atom is -0.495 e. The smallest absolute Gasteiger partial charge is 0.251 e. The van der Waals surface area contributed by atoms with Crippen molar-refractivity contribution in [2.24, 2.45) is 5.73 Å². The van der Waals surface area contributed by atoms with Gasteiger partial charge in [0, 0.05) is 25.2 Å². The van der Waals surface area contributed by atoms with Crippen LogP contribution in [0, 0.1) is 0 Å². The predicted octanol–water partition coefficient (Wildman–Crippen LogP) is 0.717. The molecular weight excluding hydrogens is 370 g/mol. The van der Waals surface area contributed by atoms with E-state index in [9.17, 15) is 13.2 Å². The first-order valence-corrected chi connectivity index (χ1v) is 10.6. The molecule has 2 aliphatic rings. The van der Waals surface area contributed by atoms with Crippen LogP contribution in [0.1, 0.15) is 36.0 Å². The molecule has 9 heteroatoms. The molecule has 27 heavy (non-hydrogen) atoms. The van der Waals surface area contributed by atoms with E-state index < -0.39 is 15.6 Å². The highest BCUT2D eigenvalue weighted by Crippen LogP contribution is 2.31. The second-order valence-corrected chi connectivity index (χ2v) is 8.93. The standard InChI is InChI=1S/C18H27N3O5S/c1-25-15-5-4-14(17(22)20-18(13-19)6-2-3-7-18)12-16(15)27(23,24)21-8-10-26-11-9-21/h4-5,12H,2-3,6-11,13,19H2,1H3,(H,20,22). The zero-order valence-corrected chi connectivity index (χ0v) is 16.4. The highest BCUT2D eigenvalue weighted by Gasteiger charge is 2.35. The molecule has 1 amide bonds. The number of carbonyl (C=O) groups is 1. The molecule has 0 unspecified atom stereocenters. The maximum Gasteiger partial charge on any atom is 0.251 e. The van der Waals surface area contributed by atoms with Crippen LogP contribution in [0.3, 0.4) is 0 Å². The van der Waals surface area contributed by atoms with Crippen LogP contribution in [-0.4, -0.2) is 64.1 Å². The second kappa shape index (κ2) is 8.14. The number of hydrogen-bond acceptors (Lipinski definition) is 6. The minimum atomic E-state index is -3.79. The van der Waals surface area contributed by atoms with Gasteiger partial charge in [0.25, 0.3) is 5.91 Å². The van der Waals surface area contributed by atoms with Gasteiger partial charge in [0.15, 0.2) is 0 Å². The molecule has 3 N–H and O–H groups in total. The highest BCUT2D eigenvalue weighted by molar-refractivity contribution is 7.89. The summed E-state index contributed by atoms with van der Waals surface area (Å²) in [4.78, 5) is 12.8. The first-order valence-electron chi connectivity index (χ1n) is 9.20. The Bertz CT molecular complexity index is 784. The molecule has 1 aromatic rings. The summed E-state index contributed by atoms with van der Waals surface area (Å²) in [6, 6.07) is 4.48. The molecule has 1 heterocycles. The fourth-order valence-electron chi connectivity index (χ4n) is 3.69. The van der Waals surface area contributed by atoms with Crippen molar-refractivity contribution in [3.8, 4) is 5.75 Å². The number of morpholine rings is 1. The van der Waals surface area contributed by atoms with Gasteiger partial charge in [-0.1, -0.05) is 12.8 Å². The molecule has 1 saturated heterocycles. The van der Waals surface area contributed by atoms with Gasteiger partial charge in [-0.3, -0.25) is 4.79 Å². The van der Waals surface area contributed by atoms with Gasteiger partial charge in [-0.25, -0.2) is 8.42 Å². The van der Waals surface area contributed by atoms with Crippen molar-refractivity contribution in [2.45, 2.75) is 36.1 Å². The normalized spacial score (nSPS) is 20.4. The predicted molar refractivity (Wildman–Crippen MR) is 100 cm³/mol. The topological polar surface area (TPSA) is 111 Å². The van der Waals surface area contributed by atoms with Crippen LogP contribution in [0.4, 0.5) is 0 Å². The van der Waals surface area contributed by atoms with E-state index in [1.54, 1.807) is 6.07 Å². The quantitative estimate of drug-likeness (QED) is 0.732. The van der Waals surface area contributed by atoms with E-state index in [4.69, 9.17) is 15.2 Å². The fourth-order valence-corrected chi connectivity index (χ4v) is 5.28. The number of sulfonamides is 1. The second-order valence-electron chi connectivity index (χ2n) is 7.03. The third kappa shape index (κ3) is 4.11. The summed E-state index contributed by atoms with van der Waals surface area (Å²) < 4.78 is 37.9. The lowest BCUT2D eigenvalue weighted by Crippen LogP contribution is -2.51. The summed E-state index contributed by atoms with van der Waals surface area (Å²) >= 11 is 0. The summed E-state index contributed by atoms with van der Waals surface area (Å²) in [5.74, 6) is -0.101. The minimum absolute atomic E-state index is 0.00669. The van der Waals surface area contributed by atoms with Crippen LogP contribution < -0.4 is 15.8 Å². The lowest BCUT2D eigenvalue weighted by molar-refractivity contribution is 0.0729. The number of nitrogens with zero attached hydrogens (tertiary/aromatic N) is 1. The Hall–Kier alpha value is -1.68. The van der Waals surface area contributed by atoms with Crippen LogP contribution in [-0.2, 0) is 14.8 Å². The van der Waals surface area contributed by atoms with Gasteiger partial charge in [-0.15, -0.1) is 0 Å². The van der Waals surface area contributed by atoms with E-state index in [2.05, 4.69) is 5.32 Å². The number of ether oxygens (including phenoxy) is 2. The molecule has 8 nitrogen and oxygen atoms in total. The van der Waals surface area contributed by atoms with E-state index in [1.165, 1.54) is 23.5 Å². The van der Waals surface area contributed by atoms with E-state index in [-0.39, 0.29) is 35.2 Å². The van der Waals surface area contributed by atoms with Gasteiger partial charge in [0.05, 0.1) is 25.9 Å². The maximum absolute atomic E-state index is 13.0. The molecule has 1 aliphatic heterocycles. The summed E-state index contributed by atoms with van der Waals surface area (Å²) in [6.45, 7) is 1.62. The molecule has 3 rings (SSSR count). The van der Waals surface area contributed by atoms with Gasteiger partial charge in [0.2, 0.25) is 10.0 Å². The first-order chi connectivity index (χ1) is 12.9. The van der Waals surface area contributed by atoms with Crippen molar-refractivity contribution in [2.75, 3.05) is 40.0 Å². The molecule has 0 bridgehead atoms. The van der Waals surface area contributed by atoms with Crippen LogP contribution in [0.15, 0.2) is 23.1 Å². The van der Waals surface area contributed by atoms with Crippen molar-refractivity contribution >= 4 is 15.9 Å². The average molecular weight is 397 g/mol. The number of amides is 1. The third-order valence-corrected chi connectivity index (χ3v) is 7.26. The van der Waals surface area contributed by atoms with Gasteiger partial charge in [-0.05, 0) is 31.0 Å². The Balaban J connectivity index is 1.90. The molecule has 1 aliphatic carbocycles. The first kappa shape index (κ1) is 20.1. The molecule has 150 valence electrons. The monoisotopic (exact) mass is 397 g/mol. The Morgan fingerprint density at radius 2 is 1.96 bits per heavy atom. The van der Waals surface area contributed by atoms with Crippen LogP contribution in [0.2, 0.25) is 0 Å². The third-order valence-electron chi connectivity index (χ3n) is 5.34. The lowest BCUT2D eigenvalue weighted by atomic mass is 9.97. The number of hydrogen-bond donors (Lipinski definition) is 2. The number of methoxy groups -OCH3 is 1. The lowest BCUT2D eigenvalue weighted by Gasteiger charge is -2.29. The molecule has 0 radical (unpaired) electrons. The van der Waals surface area contributed by atoms with Crippen LogP contribution in [0.25, 0.3) is 0 Å². The Morgan fingerprint density at radius 1 is 1.30 bits per heavy atom. The van der Waals surface area contributed by atoms with Crippen molar-refractivity contribution in [1.82, 2.24) is 9.62 Å². The Labute approximate surface area is 160 Å². The zero-order chi connectivity index (χ0) is 19.5. The molecule has 0 aromatic heterocycles. The molecule has 1 aromatic carbocycles. The van der Waals surface area contributed by atoms with Crippen LogP contribution >= 0.6 is 0 Å². The summed E-state index contributed by atoms with van der Waals surface area (Å²) in [5.41, 5.74) is 5.77. The largest absolute Gasteiger partial charge is 0.495 e. The summed E-state index contributed by atoms with van der Waals surface area (Å²) in [6.07, 6.45) is 3.72. The van der Waals surface area contributed by atoms with E-state index in [0.29, 0.717) is 19.8 Å². The van der Waals surface area contributed by atoms with Gasteiger partial charge in [0.1, 0.15) is 10.6 Å². The van der Waals surface area contributed by atoms with Gasteiger partial charge >= 0.3 is 0 Å². The SMILES string of the molecule is COc1ccc(C(=O)NC2(CN)CCCC2)cc1S(=O)(=O)N1CCOCC1. The van der Waals surface area contributed by atoms with E-state index in [0.717, 1.165) is 25.7 Å². The molecule has 0 spiro atoms. The number of carbonyl (C=O) groups excluding carboxylic acids is 1. The average Bonchev–Trinajstić information content (AvgIpc) is 3.17. The summed E-state index contributed by atoms with van der Waals surface area (Å²) in [5, 5.41) is 3.02. The number of benzene rings is 1. The van der Waals surface area contributed by atoms with Crippen molar-refractivity contribution in [3.05, 3.63) is 23.8 Å². The number of nitrogens with two attached hydrogens (primary N) is 1. The van der Waals surface area contributed by atoms with Crippen molar-refractivity contribution in [3.63, 3.8) is 0 Å². The molecule has 1 saturated carbocycles. The van der Waals surface area contributed by atoms with E-state index in [1.807, 2.05) is 0 Å². The zero-order valence-electron chi connectivity index (χ0n) is 15.6. The van der Waals surface area contributed by atoms with E-state index >= 15 is 0 Å². The van der Waals surface area contributed by atoms with Crippen LogP contribution in [0.5, 0.6) is 5.75 Å². The molecular formula is C18H27N3O5S. The Kier molecular flexibility index (Phi) is 6.05. The molecule has 0 atom stereocenters. The number of nitrogens with one attached hydrogen (secondary N) is 1. The van der Waals surface area contributed by atoms with Gasteiger partial charge < -0.3 is 20.5 Å². The maximum atomic E-state index is 13.0.